The van der Waals surface area contributed by atoms with Crippen molar-refractivity contribution in [2.24, 2.45) is 0 Å². The molecule has 50 heavy (non-hydrogen) atoms. The zero-order chi connectivity index (χ0) is 36.4. The number of hydrogen-bond donors (Lipinski definition) is 1. The van der Waals surface area contributed by atoms with Crippen molar-refractivity contribution in [3.8, 4) is 17.2 Å². The normalized spacial score (nSPS) is 12.4. The summed E-state index contributed by atoms with van der Waals surface area (Å²) in [6.07, 6.45) is 0.880. The van der Waals surface area contributed by atoms with E-state index in [4.69, 9.17) is 25.8 Å². The van der Waals surface area contributed by atoms with Gasteiger partial charge in [-0.05, 0) is 61.7 Å². The van der Waals surface area contributed by atoms with Crippen LogP contribution in [0.3, 0.4) is 0 Å². The number of amides is 2. The topological polar surface area (TPSA) is 114 Å². The molecular weight excluding hydrogens is 678 g/mol. The highest BCUT2D eigenvalue weighted by Gasteiger charge is 2.36. The van der Waals surface area contributed by atoms with Gasteiger partial charge in [0.25, 0.3) is 10.0 Å². The molecule has 2 amide bonds. The summed E-state index contributed by atoms with van der Waals surface area (Å²) >= 11 is 6.41. The Balaban J connectivity index is 1.89. The molecule has 10 nitrogen and oxygen atoms in total. The van der Waals surface area contributed by atoms with Crippen molar-refractivity contribution < 1.29 is 32.2 Å². The highest BCUT2D eigenvalue weighted by molar-refractivity contribution is 7.92. The molecule has 0 spiro atoms. The number of benzene rings is 4. The molecule has 0 fully saturated rings. The molecule has 1 N–H and O–H groups in total. The summed E-state index contributed by atoms with van der Waals surface area (Å²) in [4.78, 5) is 30.2. The van der Waals surface area contributed by atoms with E-state index in [9.17, 15) is 18.0 Å². The van der Waals surface area contributed by atoms with E-state index >= 15 is 0 Å². The lowest BCUT2D eigenvalue weighted by molar-refractivity contribution is -0.140. The summed E-state index contributed by atoms with van der Waals surface area (Å²) in [5.41, 5.74) is 2.63. The summed E-state index contributed by atoms with van der Waals surface area (Å²) in [6.45, 7) is 5.16. The number of carbonyl (C=O) groups is 2. The highest BCUT2D eigenvalue weighted by atomic mass is 35.5. The molecule has 0 unspecified atom stereocenters. The molecule has 0 heterocycles. The molecule has 12 heteroatoms. The summed E-state index contributed by atoms with van der Waals surface area (Å²) < 4.78 is 46.4. The third-order valence-electron chi connectivity index (χ3n) is 8.34. The first-order chi connectivity index (χ1) is 23.9. The number of halogens is 1. The van der Waals surface area contributed by atoms with Gasteiger partial charge in [-0.25, -0.2) is 8.42 Å². The van der Waals surface area contributed by atoms with Crippen LogP contribution in [0.2, 0.25) is 5.02 Å². The number of aryl methyl sites for hydroxylation is 1. The largest absolute Gasteiger partial charge is 0.495 e. The van der Waals surface area contributed by atoms with Crippen LogP contribution in [0.4, 0.5) is 5.69 Å². The van der Waals surface area contributed by atoms with Crippen molar-refractivity contribution in [2.75, 3.05) is 32.2 Å². The van der Waals surface area contributed by atoms with Crippen LogP contribution >= 0.6 is 11.6 Å². The molecule has 0 aromatic heterocycles. The Morgan fingerprint density at radius 1 is 0.820 bits per heavy atom. The Morgan fingerprint density at radius 3 is 2.12 bits per heavy atom. The van der Waals surface area contributed by atoms with Crippen LogP contribution in [0.5, 0.6) is 17.2 Å². The van der Waals surface area contributed by atoms with Gasteiger partial charge in [0.2, 0.25) is 11.8 Å². The minimum Gasteiger partial charge on any atom is -0.495 e. The van der Waals surface area contributed by atoms with Gasteiger partial charge in [-0.1, -0.05) is 78.7 Å². The molecular formula is C38H44ClN3O7S. The van der Waals surface area contributed by atoms with Crippen molar-refractivity contribution in [3.05, 3.63) is 113 Å². The van der Waals surface area contributed by atoms with Crippen LogP contribution in [0.25, 0.3) is 0 Å². The van der Waals surface area contributed by atoms with Crippen molar-refractivity contribution >= 4 is 39.1 Å². The Labute approximate surface area is 300 Å². The molecule has 0 saturated heterocycles. The number of ether oxygens (including phenoxy) is 3. The second-order valence-electron chi connectivity index (χ2n) is 11.9. The molecule has 0 aliphatic heterocycles. The van der Waals surface area contributed by atoms with Crippen molar-refractivity contribution in [1.82, 2.24) is 10.2 Å². The van der Waals surface area contributed by atoms with E-state index in [1.807, 2.05) is 75.4 Å². The van der Waals surface area contributed by atoms with Crippen LogP contribution < -0.4 is 23.8 Å². The van der Waals surface area contributed by atoms with Gasteiger partial charge in [0.1, 0.15) is 18.3 Å². The number of nitrogens with zero attached hydrogens (tertiary/aromatic N) is 2. The first kappa shape index (κ1) is 38.1. The van der Waals surface area contributed by atoms with Crippen molar-refractivity contribution in [3.63, 3.8) is 0 Å². The van der Waals surface area contributed by atoms with E-state index in [1.54, 1.807) is 6.07 Å². The summed E-state index contributed by atoms with van der Waals surface area (Å²) in [7, 11) is -0.245. The number of nitrogens with one attached hydrogen (secondary N) is 1. The van der Waals surface area contributed by atoms with Gasteiger partial charge in [-0.15, -0.1) is 0 Å². The lowest BCUT2D eigenvalue weighted by Crippen LogP contribution is -2.54. The maximum absolute atomic E-state index is 14.8. The van der Waals surface area contributed by atoms with E-state index in [0.717, 1.165) is 21.0 Å². The van der Waals surface area contributed by atoms with Gasteiger partial charge in [0, 0.05) is 30.1 Å². The monoisotopic (exact) mass is 721 g/mol. The fraction of sp³-hybridized carbons (Fsp3) is 0.316. The number of anilines is 1. The number of sulfonamides is 1. The van der Waals surface area contributed by atoms with Crippen LogP contribution in [0.15, 0.2) is 95.9 Å². The van der Waals surface area contributed by atoms with Gasteiger partial charge in [0.15, 0.2) is 11.5 Å². The van der Waals surface area contributed by atoms with Gasteiger partial charge in [0.05, 0.1) is 31.9 Å². The number of carbonyl (C=O) groups excluding carboxylic acids is 2. The molecule has 0 aliphatic carbocycles. The van der Waals surface area contributed by atoms with E-state index in [2.05, 4.69) is 5.32 Å². The SMILES string of the molecule is CC[C@H](C)NC(=O)[C@H](Cc1ccccc1)N(Cc1cccc(C)c1)C(=O)CN(c1cc(Cl)ccc1OC)S(=O)(=O)c1ccc(OC)c(OC)c1. The fourth-order valence-electron chi connectivity index (χ4n) is 5.48. The van der Waals surface area contributed by atoms with E-state index in [0.29, 0.717) is 12.2 Å². The molecule has 0 radical (unpaired) electrons. The first-order valence-electron chi connectivity index (χ1n) is 16.2. The smallest absolute Gasteiger partial charge is 0.265 e. The van der Waals surface area contributed by atoms with Gasteiger partial charge in [-0.3, -0.25) is 13.9 Å². The molecule has 4 rings (SSSR count). The zero-order valence-corrected chi connectivity index (χ0v) is 30.8. The Hall–Kier alpha value is -4.74. The van der Waals surface area contributed by atoms with Gasteiger partial charge in [-0.2, -0.15) is 0 Å². The Morgan fingerprint density at radius 2 is 1.48 bits per heavy atom. The number of methoxy groups -OCH3 is 3. The van der Waals surface area contributed by atoms with Crippen LogP contribution in [-0.2, 0) is 32.6 Å². The number of rotatable bonds is 16. The zero-order valence-electron chi connectivity index (χ0n) is 29.2. The van der Waals surface area contributed by atoms with Gasteiger partial charge >= 0.3 is 0 Å². The lowest BCUT2D eigenvalue weighted by Gasteiger charge is -2.34. The van der Waals surface area contributed by atoms with Gasteiger partial charge < -0.3 is 24.4 Å². The predicted octanol–water partition coefficient (Wildman–Crippen LogP) is 6.42. The van der Waals surface area contributed by atoms with E-state index < -0.39 is 28.5 Å². The molecule has 0 bridgehead atoms. The molecule has 4 aromatic carbocycles. The lowest BCUT2D eigenvalue weighted by atomic mass is 10.0. The Bertz CT molecular complexity index is 1890. The standard InChI is InChI=1S/C38H44ClN3O7S/c1-7-27(3)40-38(44)33(21-28-13-9-8-10-14-28)41(24-29-15-11-12-26(2)20-29)37(43)25-42(32-22-30(39)16-18-34(32)47-4)50(45,46)31-17-19-35(48-5)36(23-31)49-6/h8-20,22-23,27,33H,7,21,24-25H2,1-6H3,(H,40,44)/t27-,33-/m0/s1. The van der Waals surface area contributed by atoms with Crippen LogP contribution in [-0.4, -0.2) is 65.1 Å². The average Bonchev–Trinajstić information content (AvgIpc) is 3.11. The van der Waals surface area contributed by atoms with Crippen LogP contribution in [0.1, 0.15) is 37.0 Å². The first-order valence-corrected chi connectivity index (χ1v) is 18.0. The van der Waals surface area contributed by atoms with E-state index in [1.165, 1.54) is 56.6 Å². The summed E-state index contributed by atoms with van der Waals surface area (Å²) in [5, 5.41) is 3.27. The quantitative estimate of drug-likeness (QED) is 0.142. The molecule has 2 atom stereocenters. The average molecular weight is 722 g/mol. The summed E-state index contributed by atoms with van der Waals surface area (Å²) in [6, 6.07) is 24.6. The maximum Gasteiger partial charge on any atom is 0.265 e. The number of hydrogen-bond acceptors (Lipinski definition) is 7. The maximum atomic E-state index is 14.8. The van der Waals surface area contributed by atoms with E-state index in [-0.39, 0.29) is 52.0 Å². The second kappa shape index (κ2) is 17.3. The Kier molecular flexibility index (Phi) is 13.1. The third kappa shape index (κ3) is 9.28. The predicted molar refractivity (Wildman–Crippen MR) is 196 cm³/mol. The molecule has 0 aliphatic rings. The second-order valence-corrected chi connectivity index (χ2v) is 14.2. The third-order valence-corrected chi connectivity index (χ3v) is 10.3. The minimum absolute atomic E-state index is 0.0438. The molecule has 266 valence electrons. The highest BCUT2D eigenvalue weighted by Crippen LogP contribution is 2.37. The molecule has 0 saturated carbocycles. The summed E-state index contributed by atoms with van der Waals surface area (Å²) in [5.74, 6) is -0.276. The van der Waals surface area contributed by atoms with Crippen molar-refractivity contribution in [1.29, 1.82) is 0 Å². The minimum atomic E-state index is -4.49. The van der Waals surface area contributed by atoms with Crippen molar-refractivity contribution in [2.45, 2.75) is 57.1 Å². The fourth-order valence-corrected chi connectivity index (χ4v) is 7.08. The molecule has 4 aromatic rings. The van der Waals surface area contributed by atoms with Crippen LogP contribution in [0, 0.1) is 6.92 Å².